The molecular formula is C12H13N3O4S. The average molecular weight is 295 g/mol. The molecule has 0 amide bonds. The highest BCUT2D eigenvalue weighted by Crippen LogP contribution is 2.09. The fraction of sp³-hybridized carbons (Fsp3) is 0.167. The third-order valence-corrected chi connectivity index (χ3v) is 3.88. The Labute approximate surface area is 115 Å². The Balaban J connectivity index is 2.04. The molecule has 1 aromatic heterocycles. The van der Waals surface area contributed by atoms with Crippen molar-refractivity contribution in [3.63, 3.8) is 0 Å². The number of hydrogen-bond donors (Lipinski definition) is 3. The molecule has 1 aromatic carbocycles. The summed E-state index contributed by atoms with van der Waals surface area (Å²) in [6.07, 6.45) is 3.11. The normalized spacial score (nSPS) is 11.4. The minimum atomic E-state index is -3.54. The van der Waals surface area contributed by atoms with E-state index in [1.807, 2.05) is 0 Å². The van der Waals surface area contributed by atoms with E-state index in [9.17, 15) is 13.2 Å². The van der Waals surface area contributed by atoms with E-state index in [-0.39, 0.29) is 17.9 Å². The Kier molecular flexibility index (Phi) is 4.16. The zero-order valence-corrected chi connectivity index (χ0v) is 11.2. The van der Waals surface area contributed by atoms with Crippen LogP contribution in [0.2, 0.25) is 0 Å². The maximum Gasteiger partial charge on any atom is 0.335 e. The molecule has 1 heterocycles. The lowest BCUT2D eigenvalue weighted by atomic mass is 10.1. The zero-order chi connectivity index (χ0) is 14.6. The van der Waals surface area contributed by atoms with Crippen LogP contribution >= 0.6 is 0 Å². The van der Waals surface area contributed by atoms with Crippen LogP contribution in [0.25, 0.3) is 0 Å². The molecule has 2 aromatic rings. The predicted octanol–water partition coefficient (Wildman–Crippen LogP) is 0.727. The smallest absolute Gasteiger partial charge is 0.335 e. The first kappa shape index (κ1) is 14.2. The van der Waals surface area contributed by atoms with Gasteiger partial charge in [-0.05, 0) is 17.7 Å². The molecule has 0 unspecified atom stereocenters. The summed E-state index contributed by atoms with van der Waals surface area (Å²) in [5.41, 5.74) is 1.20. The molecule has 0 atom stereocenters. The summed E-state index contributed by atoms with van der Waals surface area (Å²) in [6, 6.07) is 5.85. The van der Waals surface area contributed by atoms with Crippen molar-refractivity contribution in [2.75, 3.05) is 0 Å². The largest absolute Gasteiger partial charge is 0.478 e. The van der Waals surface area contributed by atoms with Gasteiger partial charge in [-0.3, -0.25) is 5.10 Å². The molecule has 0 spiro atoms. The lowest BCUT2D eigenvalue weighted by molar-refractivity contribution is 0.0696. The molecular weight excluding hydrogens is 282 g/mol. The minimum Gasteiger partial charge on any atom is -0.478 e. The molecule has 3 N–H and O–H groups in total. The van der Waals surface area contributed by atoms with E-state index in [2.05, 4.69) is 14.9 Å². The number of hydrogen-bond acceptors (Lipinski definition) is 4. The second-order valence-electron chi connectivity index (χ2n) is 4.19. The highest BCUT2D eigenvalue weighted by Gasteiger charge is 2.13. The highest BCUT2D eigenvalue weighted by molar-refractivity contribution is 7.88. The van der Waals surface area contributed by atoms with Crippen molar-refractivity contribution in [3.8, 4) is 0 Å². The summed E-state index contributed by atoms with van der Waals surface area (Å²) in [7, 11) is -3.54. The quantitative estimate of drug-likeness (QED) is 0.727. The van der Waals surface area contributed by atoms with Crippen LogP contribution in [-0.4, -0.2) is 29.7 Å². The molecule has 20 heavy (non-hydrogen) atoms. The predicted molar refractivity (Wildman–Crippen MR) is 71.5 cm³/mol. The van der Waals surface area contributed by atoms with Gasteiger partial charge in [0.05, 0.1) is 17.5 Å². The first-order valence-electron chi connectivity index (χ1n) is 5.73. The van der Waals surface area contributed by atoms with Gasteiger partial charge in [0.2, 0.25) is 10.0 Å². The van der Waals surface area contributed by atoms with Gasteiger partial charge in [-0.15, -0.1) is 0 Å². The fourth-order valence-corrected chi connectivity index (χ4v) is 2.74. The van der Waals surface area contributed by atoms with Gasteiger partial charge in [0.1, 0.15) is 0 Å². The van der Waals surface area contributed by atoms with Gasteiger partial charge in [-0.25, -0.2) is 17.9 Å². The van der Waals surface area contributed by atoms with E-state index < -0.39 is 16.0 Å². The lowest BCUT2D eigenvalue weighted by Crippen LogP contribution is -2.24. The van der Waals surface area contributed by atoms with Crippen molar-refractivity contribution in [2.24, 2.45) is 0 Å². The molecule has 0 saturated carbocycles. The summed E-state index contributed by atoms with van der Waals surface area (Å²) in [4.78, 5) is 10.8. The Morgan fingerprint density at radius 3 is 2.80 bits per heavy atom. The average Bonchev–Trinajstić information content (AvgIpc) is 2.89. The summed E-state index contributed by atoms with van der Waals surface area (Å²) in [5, 5.41) is 15.2. The van der Waals surface area contributed by atoms with Crippen molar-refractivity contribution >= 4 is 16.0 Å². The zero-order valence-electron chi connectivity index (χ0n) is 10.4. The maximum absolute atomic E-state index is 11.9. The SMILES string of the molecule is O=C(O)c1cccc(CS(=O)(=O)NCc2cn[nH]c2)c1. The first-order valence-corrected chi connectivity index (χ1v) is 7.39. The van der Waals surface area contributed by atoms with Crippen molar-refractivity contribution in [1.29, 1.82) is 0 Å². The van der Waals surface area contributed by atoms with E-state index >= 15 is 0 Å². The van der Waals surface area contributed by atoms with Crippen LogP contribution < -0.4 is 4.72 Å². The molecule has 0 radical (unpaired) electrons. The Morgan fingerprint density at radius 2 is 2.15 bits per heavy atom. The summed E-state index contributed by atoms with van der Waals surface area (Å²) < 4.78 is 26.2. The van der Waals surface area contributed by atoms with Gasteiger partial charge in [-0.1, -0.05) is 12.1 Å². The number of carboxylic acids is 1. The van der Waals surface area contributed by atoms with E-state index in [1.165, 1.54) is 24.4 Å². The number of nitrogens with zero attached hydrogens (tertiary/aromatic N) is 1. The number of aromatic carboxylic acids is 1. The highest BCUT2D eigenvalue weighted by atomic mass is 32.2. The molecule has 7 nitrogen and oxygen atoms in total. The van der Waals surface area contributed by atoms with Crippen molar-refractivity contribution in [2.45, 2.75) is 12.3 Å². The molecule has 0 fully saturated rings. The fourth-order valence-electron chi connectivity index (χ4n) is 1.63. The van der Waals surface area contributed by atoms with Crippen LogP contribution in [-0.2, 0) is 22.3 Å². The third-order valence-electron chi connectivity index (χ3n) is 2.58. The number of aromatic amines is 1. The van der Waals surface area contributed by atoms with Gasteiger partial charge < -0.3 is 5.11 Å². The Hall–Kier alpha value is -2.19. The molecule has 0 saturated heterocycles. The number of H-pyrrole nitrogens is 1. The van der Waals surface area contributed by atoms with Gasteiger partial charge in [-0.2, -0.15) is 5.10 Å². The lowest BCUT2D eigenvalue weighted by Gasteiger charge is -2.06. The standard InChI is InChI=1S/C12H13N3O4S/c16-12(17)11-3-1-2-9(4-11)8-20(18,19)15-7-10-5-13-14-6-10/h1-6,15H,7-8H2,(H,13,14)(H,16,17). The number of carbonyl (C=O) groups is 1. The first-order chi connectivity index (χ1) is 9.46. The minimum absolute atomic E-state index is 0.0625. The van der Waals surface area contributed by atoms with Crippen LogP contribution in [0.5, 0.6) is 0 Å². The number of nitrogens with one attached hydrogen (secondary N) is 2. The second kappa shape index (κ2) is 5.85. The van der Waals surface area contributed by atoms with Crippen molar-refractivity contribution in [3.05, 3.63) is 53.3 Å². The van der Waals surface area contributed by atoms with Crippen LogP contribution in [0.3, 0.4) is 0 Å². The van der Waals surface area contributed by atoms with Crippen molar-refractivity contribution < 1.29 is 18.3 Å². The van der Waals surface area contributed by atoms with Gasteiger partial charge in [0.15, 0.2) is 0 Å². The molecule has 2 rings (SSSR count). The summed E-state index contributed by atoms with van der Waals surface area (Å²) in [6.45, 7) is 0.136. The number of carboxylic acid groups (broad SMARTS) is 1. The number of sulfonamides is 1. The van der Waals surface area contributed by atoms with Gasteiger partial charge >= 0.3 is 5.97 Å². The Bertz CT molecular complexity index is 695. The van der Waals surface area contributed by atoms with Gasteiger partial charge in [0.25, 0.3) is 0 Å². The molecule has 0 aliphatic heterocycles. The molecule has 0 aliphatic rings. The van der Waals surface area contributed by atoms with E-state index in [0.717, 1.165) is 0 Å². The van der Waals surface area contributed by atoms with Crippen LogP contribution in [0, 0.1) is 0 Å². The van der Waals surface area contributed by atoms with Crippen LogP contribution in [0.1, 0.15) is 21.5 Å². The van der Waals surface area contributed by atoms with Crippen LogP contribution in [0.15, 0.2) is 36.7 Å². The molecule has 8 heteroatoms. The topological polar surface area (TPSA) is 112 Å². The molecule has 0 aliphatic carbocycles. The summed E-state index contributed by atoms with van der Waals surface area (Å²) in [5.74, 6) is -1.36. The maximum atomic E-state index is 11.9. The second-order valence-corrected chi connectivity index (χ2v) is 6.00. The number of benzene rings is 1. The van der Waals surface area contributed by atoms with E-state index in [0.29, 0.717) is 11.1 Å². The number of rotatable bonds is 6. The number of aromatic nitrogens is 2. The van der Waals surface area contributed by atoms with Crippen molar-refractivity contribution in [1.82, 2.24) is 14.9 Å². The van der Waals surface area contributed by atoms with Gasteiger partial charge in [0, 0.05) is 18.3 Å². The monoisotopic (exact) mass is 295 g/mol. The molecule has 106 valence electrons. The third kappa shape index (κ3) is 3.90. The Morgan fingerprint density at radius 1 is 1.35 bits per heavy atom. The molecule has 0 bridgehead atoms. The van der Waals surface area contributed by atoms with Crippen LogP contribution in [0.4, 0.5) is 0 Å². The summed E-state index contributed by atoms with van der Waals surface area (Å²) >= 11 is 0. The van der Waals surface area contributed by atoms with E-state index in [1.54, 1.807) is 12.3 Å². The van der Waals surface area contributed by atoms with E-state index in [4.69, 9.17) is 5.11 Å².